The fourth-order valence-electron chi connectivity index (χ4n) is 3.19. The molecular weight excluding hydrogens is 404 g/mol. The summed E-state index contributed by atoms with van der Waals surface area (Å²) in [6, 6.07) is 16.6. The monoisotopic (exact) mass is 422 g/mol. The van der Waals surface area contributed by atoms with E-state index < -0.39 is 0 Å². The smallest absolute Gasteiger partial charge is 0.275 e. The van der Waals surface area contributed by atoms with Crippen LogP contribution in [0.15, 0.2) is 79.5 Å². The van der Waals surface area contributed by atoms with Crippen LogP contribution in [0.4, 0.5) is 17.2 Å². The lowest BCUT2D eigenvalue weighted by atomic mass is 10.2. The van der Waals surface area contributed by atoms with Gasteiger partial charge in [-0.15, -0.1) is 0 Å². The number of rotatable bonds is 5. The third-order valence-electron chi connectivity index (χ3n) is 4.69. The third-order valence-corrected chi connectivity index (χ3v) is 4.69. The molecule has 0 aliphatic heterocycles. The van der Waals surface area contributed by atoms with Crippen LogP contribution in [0.3, 0.4) is 0 Å². The van der Waals surface area contributed by atoms with Crippen LogP contribution in [0, 0.1) is 6.92 Å². The van der Waals surface area contributed by atoms with Crippen molar-refractivity contribution in [1.82, 2.24) is 29.5 Å². The summed E-state index contributed by atoms with van der Waals surface area (Å²) in [4.78, 5) is 34.1. The average molecular weight is 422 g/mol. The van der Waals surface area contributed by atoms with Crippen LogP contribution in [0.1, 0.15) is 16.3 Å². The largest absolute Gasteiger partial charge is 0.340 e. The van der Waals surface area contributed by atoms with Crippen LogP contribution in [-0.2, 0) is 0 Å². The van der Waals surface area contributed by atoms with Crippen LogP contribution in [-0.4, -0.2) is 35.4 Å². The molecule has 0 radical (unpaired) electrons. The fraction of sp³-hybridized carbons (Fsp3) is 0.0435. The number of aromatic nitrogens is 6. The Bertz CT molecular complexity index is 1400. The molecule has 2 N–H and O–H groups in total. The summed E-state index contributed by atoms with van der Waals surface area (Å²) in [5.41, 5.74) is 3.15. The SMILES string of the molecule is Cc1nc(Nc2ccc(NC(=O)c3cnc4ccccc4n3)cc2)cc(-n2ccnc2)n1. The van der Waals surface area contributed by atoms with Crippen molar-refractivity contribution in [3.63, 3.8) is 0 Å². The van der Waals surface area contributed by atoms with E-state index in [0.29, 0.717) is 22.8 Å². The molecule has 9 heteroatoms. The second kappa shape index (κ2) is 8.23. The van der Waals surface area contributed by atoms with E-state index in [1.807, 2.05) is 60.2 Å². The maximum absolute atomic E-state index is 12.6. The lowest BCUT2D eigenvalue weighted by Crippen LogP contribution is -2.14. The average Bonchev–Trinajstić information content (AvgIpc) is 3.35. The summed E-state index contributed by atoms with van der Waals surface area (Å²) in [6.07, 6.45) is 6.68. The first-order chi connectivity index (χ1) is 15.6. The first-order valence-corrected chi connectivity index (χ1v) is 9.88. The zero-order valence-electron chi connectivity index (χ0n) is 17.1. The number of nitrogens with zero attached hydrogens (tertiary/aromatic N) is 6. The molecule has 3 aromatic heterocycles. The van der Waals surface area contributed by atoms with Crippen molar-refractivity contribution in [3.8, 4) is 5.82 Å². The predicted octanol–water partition coefficient (Wildman–Crippen LogP) is 3.91. The molecule has 0 spiro atoms. The maximum Gasteiger partial charge on any atom is 0.275 e. The van der Waals surface area contributed by atoms with Gasteiger partial charge in [0.25, 0.3) is 5.91 Å². The standard InChI is InChI=1S/C23H18N8O/c1-15-26-21(12-22(27-15)31-11-10-24-14-31)28-16-6-8-17(9-7-16)29-23(32)20-13-25-18-4-2-3-5-19(18)30-20/h2-14H,1H3,(H,29,32)(H,26,27,28). The number of fused-ring (bicyclic) bond motifs is 1. The Kier molecular flexibility index (Phi) is 4.97. The van der Waals surface area contributed by atoms with Gasteiger partial charge in [0.2, 0.25) is 0 Å². The molecule has 0 fully saturated rings. The van der Waals surface area contributed by atoms with E-state index in [9.17, 15) is 4.79 Å². The van der Waals surface area contributed by atoms with Crippen molar-refractivity contribution < 1.29 is 4.79 Å². The van der Waals surface area contributed by atoms with Crippen molar-refractivity contribution >= 4 is 34.1 Å². The Morgan fingerprint density at radius 2 is 1.72 bits per heavy atom. The Balaban J connectivity index is 1.29. The number of anilines is 3. The molecule has 0 aliphatic rings. The Labute approximate surface area is 183 Å². The molecule has 5 aromatic rings. The summed E-state index contributed by atoms with van der Waals surface area (Å²) in [5.74, 6) is 1.70. The summed E-state index contributed by atoms with van der Waals surface area (Å²) >= 11 is 0. The summed E-state index contributed by atoms with van der Waals surface area (Å²) in [5, 5.41) is 6.11. The number of nitrogens with one attached hydrogen (secondary N) is 2. The van der Waals surface area contributed by atoms with Crippen LogP contribution in [0.2, 0.25) is 0 Å². The molecule has 0 saturated heterocycles. The van der Waals surface area contributed by atoms with Crippen LogP contribution < -0.4 is 10.6 Å². The van der Waals surface area contributed by atoms with E-state index in [1.165, 1.54) is 6.20 Å². The molecule has 0 aliphatic carbocycles. The maximum atomic E-state index is 12.6. The van der Waals surface area contributed by atoms with Gasteiger partial charge in [0.05, 0.1) is 17.2 Å². The number of imidazole rings is 1. The lowest BCUT2D eigenvalue weighted by molar-refractivity contribution is 0.102. The van der Waals surface area contributed by atoms with E-state index in [0.717, 1.165) is 17.0 Å². The highest BCUT2D eigenvalue weighted by Crippen LogP contribution is 2.20. The number of carbonyl (C=O) groups excluding carboxylic acids is 1. The zero-order valence-corrected chi connectivity index (χ0v) is 17.1. The van der Waals surface area contributed by atoms with E-state index in [1.54, 1.807) is 24.7 Å². The molecule has 5 rings (SSSR count). The van der Waals surface area contributed by atoms with Crippen molar-refractivity contribution in [2.24, 2.45) is 0 Å². The molecule has 2 aromatic carbocycles. The molecule has 0 unspecified atom stereocenters. The van der Waals surface area contributed by atoms with E-state index >= 15 is 0 Å². The molecule has 1 amide bonds. The number of hydrogen-bond donors (Lipinski definition) is 2. The number of para-hydroxylation sites is 2. The van der Waals surface area contributed by atoms with Crippen LogP contribution in [0.25, 0.3) is 16.9 Å². The second-order valence-electron chi connectivity index (χ2n) is 7.03. The molecule has 32 heavy (non-hydrogen) atoms. The predicted molar refractivity (Wildman–Crippen MR) is 121 cm³/mol. The van der Waals surface area contributed by atoms with E-state index in [-0.39, 0.29) is 11.6 Å². The Morgan fingerprint density at radius 1 is 0.938 bits per heavy atom. The third kappa shape index (κ3) is 4.12. The van der Waals surface area contributed by atoms with Gasteiger partial charge in [0.1, 0.15) is 29.5 Å². The van der Waals surface area contributed by atoms with Gasteiger partial charge in [-0.25, -0.2) is 19.9 Å². The van der Waals surface area contributed by atoms with Gasteiger partial charge in [-0.1, -0.05) is 12.1 Å². The molecule has 0 saturated carbocycles. The normalized spacial score (nSPS) is 10.8. The van der Waals surface area contributed by atoms with Gasteiger partial charge in [0, 0.05) is 29.8 Å². The van der Waals surface area contributed by atoms with Gasteiger partial charge < -0.3 is 10.6 Å². The van der Waals surface area contributed by atoms with Gasteiger partial charge >= 0.3 is 0 Å². The molecule has 0 atom stereocenters. The minimum atomic E-state index is -0.319. The number of amides is 1. The van der Waals surface area contributed by atoms with Gasteiger partial charge in [-0.05, 0) is 43.3 Å². The first kappa shape index (κ1) is 19.3. The number of aryl methyl sites for hydroxylation is 1. The summed E-state index contributed by atoms with van der Waals surface area (Å²) in [6.45, 7) is 1.83. The molecule has 9 nitrogen and oxygen atoms in total. The minimum absolute atomic E-state index is 0.259. The summed E-state index contributed by atoms with van der Waals surface area (Å²) in [7, 11) is 0. The van der Waals surface area contributed by atoms with Gasteiger partial charge in [-0.3, -0.25) is 14.3 Å². The number of carbonyl (C=O) groups is 1. The van der Waals surface area contributed by atoms with E-state index in [2.05, 4.69) is 35.6 Å². The highest BCUT2D eigenvalue weighted by atomic mass is 16.1. The minimum Gasteiger partial charge on any atom is -0.340 e. The van der Waals surface area contributed by atoms with Crippen molar-refractivity contribution in [2.45, 2.75) is 6.92 Å². The highest BCUT2D eigenvalue weighted by molar-refractivity contribution is 6.03. The topological polar surface area (TPSA) is 111 Å². The van der Waals surface area contributed by atoms with Crippen molar-refractivity contribution in [1.29, 1.82) is 0 Å². The lowest BCUT2D eigenvalue weighted by Gasteiger charge is -2.10. The van der Waals surface area contributed by atoms with Gasteiger partial charge in [0.15, 0.2) is 0 Å². The van der Waals surface area contributed by atoms with Crippen molar-refractivity contribution in [2.75, 3.05) is 10.6 Å². The second-order valence-corrected chi connectivity index (χ2v) is 7.03. The fourth-order valence-corrected chi connectivity index (χ4v) is 3.19. The zero-order chi connectivity index (χ0) is 21.9. The van der Waals surface area contributed by atoms with Crippen molar-refractivity contribution in [3.05, 3.63) is 91.0 Å². The molecule has 156 valence electrons. The quantitative estimate of drug-likeness (QED) is 0.442. The Hall–Kier alpha value is -4.66. The number of benzene rings is 2. The molecule has 3 heterocycles. The van der Waals surface area contributed by atoms with Crippen LogP contribution >= 0.6 is 0 Å². The Morgan fingerprint density at radius 3 is 2.50 bits per heavy atom. The van der Waals surface area contributed by atoms with E-state index in [4.69, 9.17) is 0 Å². The highest BCUT2D eigenvalue weighted by Gasteiger charge is 2.10. The molecular formula is C23H18N8O. The molecule has 0 bridgehead atoms. The summed E-state index contributed by atoms with van der Waals surface area (Å²) < 4.78 is 1.81. The number of hydrogen-bond acceptors (Lipinski definition) is 7. The van der Waals surface area contributed by atoms with Gasteiger partial charge in [-0.2, -0.15) is 0 Å². The first-order valence-electron chi connectivity index (χ1n) is 9.88. The van der Waals surface area contributed by atoms with Crippen LogP contribution in [0.5, 0.6) is 0 Å².